The number of ketones is 1. The van der Waals surface area contributed by atoms with Crippen molar-refractivity contribution in [3.8, 4) is 0 Å². The van der Waals surface area contributed by atoms with Crippen molar-refractivity contribution in [2.45, 2.75) is 147 Å². The van der Waals surface area contributed by atoms with Crippen molar-refractivity contribution in [3.05, 3.63) is 47.0 Å². The number of rotatable bonds is 10. The Morgan fingerprint density at radius 3 is 2.20 bits per heavy atom. The lowest BCUT2D eigenvalue weighted by Gasteiger charge is -2.67. The Labute approximate surface area is 343 Å². The Morgan fingerprint density at radius 2 is 1.63 bits per heavy atom. The fraction of sp³-hybridized carbons (Fsp3) is 0.674. The zero-order valence-electron chi connectivity index (χ0n) is 34.7. The van der Waals surface area contributed by atoms with Gasteiger partial charge in [0.15, 0.2) is 23.6 Å². The largest absolute Gasteiger partial charge is 0.456 e. The maximum Gasteiger partial charge on any atom is 0.407 e. The molecule has 16 nitrogen and oxygen atoms in total. The van der Waals surface area contributed by atoms with E-state index in [1.807, 2.05) is 0 Å². The fourth-order valence-electron chi connectivity index (χ4n) is 10.6. The van der Waals surface area contributed by atoms with Crippen LogP contribution in [0.25, 0.3) is 0 Å². The molecule has 1 aromatic rings. The molecule has 1 unspecified atom stereocenters. The topological polar surface area (TPSA) is 231 Å². The Kier molecular flexibility index (Phi) is 12.4. The normalized spacial score (nSPS) is 34.8. The summed E-state index contributed by atoms with van der Waals surface area (Å²) in [6.45, 7) is 9.72. The van der Waals surface area contributed by atoms with E-state index in [0.29, 0.717) is 12.8 Å². The van der Waals surface area contributed by atoms with Gasteiger partial charge in [-0.05, 0) is 62.8 Å². The highest BCUT2D eigenvalue weighted by Crippen LogP contribution is 2.64. The lowest BCUT2D eigenvalue weighted by Crippen LogP contribution is -2.82. The van der Waals surface area contributed by atoms with Crippen molar-refractivity contribution in [1.82, 2.24) is 5.32 Å². The molecule has 2 bridgehead atoms. The van der Waals surface area contributed by atoms with Crippen LogP contribution in [-0.4, -0.2) is 118 Å². The van der Waals surface area contributed by atoms with Gasteiger partial charge < -0.3 is 49.1 Å². The molecule has 0 spiro atoms. The van der Waals surface area contributed by atoms with Crippen LogP contribution in [0.3, 0.4) is 0 Å². The summed E-state index contributed by atoms with van der Waals surface area (Å²) in [5, 5.41) is 39.9. The van der Waals surface area contributed by atoms with E-state index in [0.717, 1.165) is 33.1 Å². The highest BCUT2D eigenvalue weighted by Gasteiger charge is 2.78. The van der Waals surface area contributed by atoms with Crippen LogP contribution in [-0.2, 0) is 47.6 Å². The predicted molar refractivity (Wildman–Crippen MR) is 205 cm³/mol. The molecule has 0 radical (unpaired) electrons. The summed E-state index contributed by atoms with van der Waals surface area (Å²) in [6.07, 6.45) is -7.21. The van der Waals surface area contributed by atoms with Gasteiger partial charge in [-0.15, -0.1) is 0 Å². The molecule has 4 aliphatic carbocycles. The van der Waals surface area contributed by atoms with Gasteiger partial charge in [-0.25, -0.2) is 14.4 Å². The van der Waals surface area contributed by atoms with Crippen molar-refractivity contribution in [2.24, 2.45) is 22.7 Å². The lowest BCUT2D eigenvalue weighted by molar-refractivity contribution is -0.346. The first kappa shape index (κ1) is 44.2. The summed E-state index contributed by atoms with van der Waals surface area (Å²) in [4.78, 5) is 82.3. The van der Waals surface area contributed by atoms with Gasteiger partial charge in [0.2, 0.25) is 0 Å². The number of esters is 4. The van der Waals surface area contributed by atoms with Gasteiger partial charge in [-0.3, -0.25) is 14.4 Å². The first-order valence-corrected chi connectivity index (χ1v) is 20.5. The number of Topliss-reactive ketones (excluding diaryl/α,β-unsaturated/α-hetero) is 1. The van der Waals surface area contributed by atoms with E-state index in [9.17, 15) is 39.3 Å². The van der Waals surface area contributed by atoms with Crippen LogP contribution < -0.4 is 5.32 Å². The van der Waals surface area contributed by atoms with Gasteiger partial charge in [0.05, 0.1) is 42.3 Å². The highest BCUT2D eigenvalue weighted by molar-refractivity contribution is 5.95. The lowest BCUT2D eigenvalue weighted by atomic mass is 9.44. The number of aliphatic hydroxyl groups is 3. The molecular weight excluding hydrogens is 770 g/mol. The highest BCUT2D eigenvalue weighted by atomic mass is 16.6. The Bertz CT molecular complexity index is 1860. The van der Waals surface area contributed by atoms with Crippen LogP contribution in [0, 0.1) is 22.7 Å². The quantitative estimate of drug-likeness (QED) is 0.151. The summed E-state index contributed by atoms with van der Waals surface area (Å²) in [7, 11) is 0. The van der Waals surface area contributed by atoms with Crippen LogP contribution in [0.2, 0.25) is 0 Å². The predicted octanol–water partition coefficient (Wildman–Crippen LogP) is 3.26. The number of ether oxygens (including phenoxy) is 6. The minimum Gasteiger partial charge on any atom is -0.456 e. The smallest absolute Gasteiger partial charge is 0.407 e. The number of carbonyl (C=O) groups is 6. The third-order valence-corrected chi connectivity index (χ3v) is 13.7. The standard InChI is InChI=1S/C43H57NO15/c1-8-54-39(52)44-31(25-15-11-9-12-16-25)32(48)38(51)57-27-20-43(53)36(58-37(50)26-17-13-10-14-18-26)34-41(7,28(47)19-29-42(34,21-55-29)59-24(4)46)35(49)33(56-23(3)45)30(22(27)2)40(43,5)6/h10,13-14,17-18,25,27-29,31-34,36,47-48,53H,8-9,11-12,15-16,19-21H2,1-7H3,(H,44,52)/t27-,28-,29+,31?,32+,33+,34-,36-,41+,42-,43+/m0/s1. The van der Waals surface area contributed by atoms with Crippen LogP contribution >= 0.6 is 0 Å². The molecule has 11 atom stereocenters. The average Bonchev–Trinajstić information content (AvgIpc) is 3.18. The van der Waals surface area contributed by atoms with E-state index in [2.05, 4.69) is 5.32 Å². The minimum absolute atomic E-state index is 0.0216. The second-order valence-corrected chi connectivity index (χ2v) is 17.4. The average molecular weight is 828 g/mol. The Hall–Kier alpha value is -4.38. The summed E-state index contributed by atoms with van der Waals surface area (Å²) < 4.78 is 35.3. The number of aliphatic hydroxyl groups excluding tert-OH is 2. The van der Waals surface area contributed by atoms with E-state index >= 15 is 4.79 Å². The van der Waals surface area contributed by atoms with Gasteiger partial charge in [0.1, 0.15) is 23.9 Å². The second kappa shape index (κ2) is 16.6. The fourth-order valence-corrected chi connectivity index (χ4v) is 10.6. The van der Waals surface area contributed by atoms with Gasteiger partial charge in [-0.1, -0.05) is 51.3 Å². The van der Waals surface area contributed by atoms with E-state index in [1.165, 1.54) is 19.1 Å². The van der Waals surface area contributed by atoms with Crippen LogP contribution in [0.4, 0.5) is 4.79 Å². The zero-order chi connectivity index (χ0) is 43.2. The summed E-state index contributed by atoms with van der Waals surface area (Å²) >= 11 is 0. The van der Waals surface area contributed by atoms with Gasteiger partial charge in [-0.2, -0.15) is 0 Å². The summed E-state index contributed by atoms with van der Waals surface area (Å²) in [5.74, 6) is -6.39. The minimum atomic E-state index is -2.36. The molecule has 1 aliphatic heterocycles. The van der Waals surface area contributed by atoms with Crippen LogP contribution in [0.15, 0.2) is 41.5 Å². The van der Waals surface area contributed by atoms with Crippen molar-refractivity contribution >= 4 is 35.8 Å². The molecule has 5 aliphatic rings. The molecule has 59 heavy (non-hydrogen) atoms. The van der Waals surface area contributed by atoms with Gasteiger partial charge in [0, 0.05) is 32.1 Å². The molecule has 4 fully saturated rings. The first-order valence-electron chi connectivity index (χ1n) is 20.5. The third kappa shape index (κ3) is 7.54. The molecule has 324 valence electrons. The molecule has 3 saturated carbocycles. The number of alkyl carbamates (subject to hydrolysis) is 1. The molecule has 0 aromatic heterocycles. The van der Waals surface area contributed by atoms with Crippen LogP contribution in [0.1, 0.15) is 104 Å². The van der Waals surface area contributed by atoms with Crippen LogP contribution in [0.5, 0.6) is 0 Å². The van der Waals surface area contributed by atoms with Gasteiger partial charge >= 0.3 is 30.0 Å². The van der Waals surface area contributed by atoms with E-state index in [1.54, 1.807) is 45.9 Å². The maximum absolute atomic E-state index is 15.4. The van der Waals surface area contributed by atoms with Crippen molar-refractivity contribution < 1.29 is 72.5 Å². The van der Waals surface area contributed by atoms with E-state index in [4.69, 9.17) is 28.4 Å². The molecule has 1 saturated heterocycles. The maximum atomic E-state index is 15.4. The monoisotopic (exact) mass is 827 g/mol. The Balaban J connectivity index is 1.54. The number of amides is 1. The molecule has 1 aromatic carbocycles. The van der Waals surface area contributed by atoms with Gasteiger partial charge in [0.25, 0.3) is 0 Å². The first-order chi connectivity index (χ1) is 27.7. The molecule has 16 heteroatoms. The second-order valence-electron chi connectivity index (χ2n) is 17.4. The third-order valence-electron chi connectivity index (χ3n) is 13.7. The number of nitrogens with one attached hydrogen (secondary N) is 1. The summed E-state index contributed by atoms with van der Waals surface area (Å²) in [5.41, 5.74) is -7.47. The zero-order valence-corrected chi connectivity index (χ0v) is 34.7. The number of hydrogen-bond acceptors (Lipinski definition) is 15. The molecule has 6 rings (SSSR count). The summed E-state index contributed by atoms with van der Waals surface area (Å²) in [6, 6.07) is 6.78. The number of fused-ring (bicyclic) bond motifs is 5. The molecule has 1 amide bonds. The van der Waals surface area contributed by atoms with E-state index < -0.39 is 113 Å². The molecule has 1 heterocycles. The van der Waals surface area contributed by atoms with Crippen molar-refractivity contribution in [2.75, 3.05) is 13.2 Å². The Morgan fingerprint density at radius 1 is 0.966 bits per heavy atom. The number of benzene rings is 1. The number of hydrogen-bond donors (Lipinski definition) is 4. The van der Waals surface area contributed by atoms with Crippen molar-refractivity contribution in [1.29, 1.82) is 0 Å². The molecular formula is C43H57NO15. The van der Waals surface area contributed by atoms with Crippen molar-refractivity contribution in [3.63, 3.8) is 0 Å². The number of carbonyl (C=O) groups excluding carboxylic acids is 6. The van der Waals surface area contributed by atoms with E-state index in [-0.39, 0.29) is 42.3 Å². The SMILES string of the molecule is CCOC(=O)NC(C1CCCCC1)[C@@H](O)C(=O)O[C@H]1C[C@@]2(O)[C@@H](OC(=O)c3ccccc3)[C@@H]3[C@]4(OC(C)=O)CO[C@@H]4C[C@H](O)[C@@]3(C)C(=O)[C@H](OC(C)=O)C(=C1C)C2(C)C. The molecule has 4 N–H and O–H groups in total.